The summed E-state index contributed by atoms with van der Waals surface area (Å²) in [4.78, 5) is 0. The summed E-state index contributed by atoms with van der Waals surface area (Å²) in [5.41, 5.74) is 0. The van der Waals surface area contributed by atoms with E-state index in [0.717, 1.165) is 11.9 Å². The van der Waals surface area contributed by atoms with Gasteiger partial charge in [-0.15, -0.1) is 23.5 Å². The van der Waals surface area contributed by atoms with E-state index in [0.29, 0.717) is 0 Å². The third-order valence-corrected chi connectivity index (χ3v) is 14.0. The van der Waals surface area contributed by atoms with Gasteiger partial charge in [0.15, 0.2) is 0 Å². The van der Waals surface area contributed by atoms with Crippen molar-refractivity contribution in [2.45, 2.75) is 206 Å². The van der Waals surface area contributed by atoms with Crippen LogP contribution < -0.4 is 0 Å². The third-order valence-electron chi connectivity index (χ3n) is 8.68. The van der Waals surface area contributed by atoms with Gasteiger partial charge in [0.1, 0.15) is 0 Å². The largest absolute Gasteiger partial charge is 0.360 e. The van der Waals surface area contributed by atoms with Gasteiger partial charge in [0.05, 0.1) is 20.4 Å². The van der Waals surface area contributed by atoms with Crippen LogP contribution in [0.2, 0.25) is 0 Å². The lowest BCUT2D eigenvalue weighted by atomic mass is 10.0. The van der Waals surface area contributed by atoms with Crippen LogP contribution in [0.15, 0.2) is 8.47 Å². The van der Waals surface area contributed by atoms with Crippen molar-refractivity contribution >= 4 is 47.0 Å². The zero-order valence-electron chi connectivity index (χ0n) is 29.1. The minimum atomic E-state index is 0.831. The summed E-state index contributed by atoms with van der Waals surface area (Å²) < 4.78 is 8.89. The van der Waals surface area contributed by atoms with Crippen molar-refractivity contribution in [1.29, 1.82) is 0 Å². The first kappa shape index (κ1) is 42.1. The fraction of sp³-hybridized carbons (Fsp3) is 0.947. The van der Waals surface area contributed by atoms with Gasteiger partial charge < -0.3 is 4.74 Å². The van der Waals surface area contributed by atoms with Crippen molar-refractivity contribution in [2.75, 3.05) is 23.4 Å². The Labute approximate surface area is 288 Å². The molecule has 1 heterocycles. The highest BCUT2D eigenvalue weighted by molar-refractivity contribution is 8.28. The molecule has 5 heteroatoms. The maximum atomic E-state index is 5.78. The maximum absolute atomic E-state index is 5.78. The van der Waals surface area contributed by atoms with Crippen LogP contribution in [0.25, 0.3) is 0 Å². The molecule has 0 saturated heterocycles. The molecule has 0 radical (unpaired) electrons. The molecule has 0 aromatic carbocycles. The van der Waals surface area contributed by atoms with Crippen molar-refractivity contribution in [3.63, 3.8) is 0 Å². The fourth-order valence-corrected chi connectivity index (χ4v) is 10.9. The molecule has 0 saturated carbocycles. The second-order valence-electron chi connectivity index (χ2n) is 12.9. The smallest absolute Gasteiger partial charge is 0.0984 e. The zero-order chi connectivity index (χ0) is 30.7. The van der Waals surface area contributed by atoms with E-state index in [1.54, 1.807) is 8.47 Å². The topological polar surface area (TPSA) is 9.23 Å². The average Bonchev–Trinajstić information content (AvgIpc) is 3.25. The van der Waals surface area contributed by atoms with E-state index in [-0.39, 0.29) is 0 Å². The molecule has 0 aromatic heterocycles. The zero-order valence-corrected chi connectivity index (χ0v) is 32.3. The van der Waals surface area contributed by atoms with Gasteiger partial charge in [-0.2, -0.15) is 0 Å². The summed E-state index contributed by atoms with van der Waals surface area (Å²) in [7, 11) is 0. The first-order valence-corrected chi connectivity index (χ1v) is 23.2. The van der Waals surface area contributed by atoms with E-state index < -0.39 is 0 Å². The number of ether oxygens (including phenoxy) is 1. The number of unbranched alkanes of at least 4 members (excludes halogenated alkanes) is 28. The Kier molecular flexibility index (Phi) is 35.2. The summed E-state index contributed by atoms with van der Waals surface area (Å²) in [6, 6.07) is 0. The normalized spacial score (nSPS) is 14.1. The molecule has 0 aromatic rings. The molecule has 43 heavy (non-hydrogen) atoms. The van der Waals surface area contributed by atoms with Crippen molar-refractivity contribution in [3.8, 4) is 0 Å². The van der Waals surface area contributed by atoms with Crippen LogP contribution in [-0.4, -0.2) is 23.4 Å². The van der Waals surface area contributed by atoms with E-state index in [1.807, 2.05) is 23.5 Å². The molecule has 0 aliphatic carbocycles. The Hall–Kier alpha value is 1.10. The Bertz CT molecular complexity index is 534. The lowest BCUT2D eigenvalue weighted by molar-refractivity contribution is 0.242. The van der Waals surface area contributed by atoms with Gasteiger partial charge in [-0.3, -0.25) is 0 Å². The van der Waals surface area contributed by atoms with Crippen LogP contribution in [0.1, 0.15) is 206 Å². The predicted molar refractivity (Wildman–Crippen MR) is 208 cm³/mol. The van der Waals surface area contributed by atoms with E-state index >= 15 is 0 Å². The molecule has 0 bridgehead atoms. The Balaban J connectivity index is 1.94. The highest BCUT2D eigenvalue weighted by Gasteiger charge is 2.14. The van der Waals surface area contributed by atoms with Crippen LogP contribution in [-0.2, 0) is 4.74 Å². The van der Waals surface area contributed by atoms with E-state index in [9.17, 15) is 0 Å². The highest BCUT2D eigenvalue weighted by Crippen LogP contribution is 2.45. The van der Waals surface area contributed by atoms with Crippen LogP contribution in [0.5, 0.6) is 0 Å². The maximum Gasteiger partial charge on any atom is 0.0984 e. The Morgan fingerprint density at radius 2 is 0.605 bits per heavy atom. The molecule has 0 amide bonds. The van der Waals surface area contributed by atoms with Crippen LogP contribution in [0, 0.1) is 0 Å². The first-order valence-electron chi connectivity index (χ1n) is 19.2. The minimum absolute atomic E-state index is 0.831. The second-order valence-corrected chi connectivity index (χ2v) is 17.5. The van der Waals surface area contributed by atoms with Gasteiger partial charge in [-0.05, 0) is 24.3 Å². The molecule has 0 fully saturated rings. The molecule has 0 unspecified atom stereocenters. The fourth-order valence-electron chi connectivity index (χ4n) is 5.82. The summed E-state index contributed by atoms with van der Waals surface area (Å²) in [6.45, 7) is 4.61. The molecule has 1 nitrogen and oxygen atoms in total. The molecule has 1 aliphatic rings. The average molecular weight is 675 g/mol. The van der Waals surface area contributed by atoms with E-state index in [2.05, 4.69) is 37.4 Å². The van der Waals surface area contributed by atoms with E-state index in [4.69, 9.17) is 4.74 Å². The van der Waals surface area contributed by atoms with Gasteiger partial charge in [-0.1, -0.05) is 217 Å². The SMILES string of the molecule is CCCCCCCCCCCCCCCCCSC1=C(SCCCCCCCCCCCCCCCCC)SCOCS1. The van der Waals surface area contributed by atoms with E-state index in [1.165, 1.54) is 204 Å². The van der Waals surface area contributed by atoms with Crippen LogP contribution in [0.4, 0.5) is 0 Å². The molecule has 0 atom stereocenters. The molecular weight excluding hydrogens is 601 g/mol. The summed E-state index contributed by atoms with van der Waals surface area (Å²) in [5.74, 6) is 4.22. The Morgan fingerprint density at radius 3 is 0.860 bits per heavy atom. The van der Waals surface area contributed by atoms with Crippen LogP contribution >= 0.6 is 47.0 Å². The molecule has 0 spiro atoms. The summed E-state index contributed by atoms with van der Waals surface area (Å²) >= 11 is 8.12. The third kappa shape index (κ3) is 30.2. The lowest BCUT2D eigenvalue weighted by Crippen LogP contribution is -1.87. The highest BCUT2D eigenvalue weighted by atomic mass is 32.2. The van der Waals surface area contributed by atoms with Gasteiger partial charge in [0.25, 0.3) is 0 Å². The van der Waals surface area contributed by atoms with Crippen LogP contribution in [0.3, 0.4) is 0 Å². The standard InChI is InChI=1S/C38H74OS4/c1-3-5-7-9-11-13-15-17-19-21-23-25-27-29-31-33-40-37-38(43-36-39-35-42-37)41-34-32-30-28-26-24-22-20-18-16-14-12-10-8-6-4-2/h3-36H2,1-2H3. The van der Waals surface area contributed by atoms with Gasteiger partial charge in [-0.25, -0.2) is 0 Å². The number of hydrogen-bond acceptors (Lipinski definition) is 5. The number of thioether (sulfide) groups is 4. The van der Waals surface area contributed by atoms with Crippen molar-refractivity contribution in [3.05, 3.63) is 8.47 Å². The summed E-state index contributed by atoms with van der Waals surface area (Å²) in [5, 5.41) is 0. The summed E-state index contributed by atoms with van der Waals surface area (Å²) in [6.07, 6.45) is 43.3. The molecular formula is C38H74OS4. The van der Waals surface area contributed by atoms with Crippen molar-refractivity contribution in [2.24, 2.45) is 0 Å². The first-order chi connectivity index (χ1) is 21.4. The lowest BCUT2D eigenvalue weighted by Gasteiger charge is -2.10. The molecule has 256 valence electrons. The van der Waals surface area contributed by atoms with Crippen molar-refractivity contribution < 1.29 is 4.74 Å². The molecule has 0 N–H and O–H groups in total. The number of hydrogen-bond donors (Lipinski definition) is 0. The van der Waals surface area contributed by atoms with Gasteiger partial charge in [0, 0.05) is 0 Å². The number of rotatable bonds is 34. The van der Waals surface area contributed by atoms with Gasteiger partial charge in [0.2, 0.25) is 0 Å². The van der Waals surface area contributed by atoms with Crippen molar-refractivity contribution in [1.82, 2.24) is 0 Å². The molecule has 1 rings (SSSR count). The van der Waals surface area contributed by atoms with Gasteiger partial charge >= 0.3 is 0 Å². The predicted octanol–water partition coefficient (Wildman–Crippen LogP) is 15.7. The Morgan fingerprint density at radius 1 is 0.372 bits per heavy atom. The second kappa shape index (κ2) is 35.9. The molecule has 1 aliphatic heterocycles. The minimum Gasteiger partial charge on any atom is -0.360 e. The quantitative estimate of drug-likeness (QED) is 0.0626. The monoisotopic (exact) mass is 674 g/mol.